The Kier molecular flexibility index (Phi) is 4.39. The molecule has 0 aliphatic carbocycles. The molecule has 4 rings (SSSR count). The van der Waals surface area contributed by atoms with Gasteiger partial charge in [0.25, 0.3) is 0 Å². The maximum absolute atomic E-state index is 12.6. The van der Waals surface area contributed by atoms with Gasteiger partial charge in [0.05, 0.1) is 20.1 Å². The lowest BCUT2D eigenvalue weighted by Crippen LogP contribution is -2.32. The third-order valence-corrected chi connectivity index (χ3v) is 4.38. The van der Waals surface area contributed by atoms with Gasteiger partial charge in [-0.3, -0.25) is 4.79 Å². The van der Waals surface area contributed by atoms with Gasteiger partial charge in [-0.25, -0.2) is 0 Å². The van der Waals surface area contributed by atoms with Crippen molar-refractivity contribution in [2.75, 3.05) is 20.2 Å². The van der Waals surface area contributed by atoms with Gasteiger partial charge in [-0.2, -0.15) is 0 Å². The molecule has 134 valence electrons. The number of fused-ring (bicyclic) bond motifs is 1. The minimum Gasteiger partial charge on any atom is -0.480 e. The summed E-state index contributed by atoms with van der Waals surface area (Å²) in [5.41, 5.74) is 1.35. The van der Waals surface area contributed by atoms with Crippen LogP contribution in [-0.4, -0.2) is 52.5 Å². The van der Waals surface area contributed by atoms with Gasteiger partial charge in [0.15, 0.2) is 5.58 Å². The van der Waals surface area contributed by atoms with E-state index in [-0.39, 0.29) is 18.4 Å². The van der Waals surface area contributed by atoms with Crippen molar-refractivity contribution in [3.05, 3.63) is 42.1 Å². The molecule has 1 fully saturated rings. The molecule has 0 saturated carbocycles. The fourth-order valence-electron chi connectivity index (χ4n) is 3.02. The molecule has 0 bridgehead atoms. The Balaban J connectivity index is 1.36. The third kappa shape index (κ3) is 3.30. The van der Waals surface area contributed by atoms with Crippen LogP contribution in [0.15, 0.2) is 40.9 Å². The van der Waals surface area contributed by atoms with Gasteiger partial charge in [-0.05, 0) is 12.1 Å². The minimum atomic E-state index is -0.101. The van der Waals surface area contributed by atoms with Crippen LogP contribution in [0.25, 0.3) is 11.0 Å². The van der Waals surface area contributed by atoms with Gasteiger partial charge in [-0.15, -0.1) is 10.2 Å². The SMILES string of the molecule is COc1ccc(OC2CCN(C(=O)Cc3noc4ccccc34)C2)nn1. The molecule has 1 aromatic carbocycles. The molecule has 1 aliphatic heterocycles. The van der Waals surface area contributed by atoms with E-state index in [2.05, 4.69) is 15.4 Å². The Labute approximate surface area is 149 Å². The first-order valence-electron chi connectivity index (χ1n) is 8.38. The molecule has 0 N–H and O–H groups in total. The summed E-state index contributed by atoms with van der Waals surface area (Å²) in [7, 11) is 1.53. The van der Waals surface area contributed by atoms with Crippen molar-refractivity contribution >= 4 is 16.9 Å². The lowest BCUT2D eigenvalue weighted by atomic mass is 10.1. The topological polar surface area (TPSA) is 90.6 Å². The van der Waals surface area contributed by atoms with E-state index in [1.807, 2.05) is 24.3 Å². The number of methoxy groups -OCH3 is 1. The zero-order valence-corrected chi connectivity index (χ0v) is 14.3. The van der Waals surface area contributed by atoms with E-state index >= 15 is 0 Å². The number of para-hydroxylation sites is 1. The Hall–Kier alpha value is -3.16. The second-order valence-corrected chi connectivity index (χ2v) is 6.08. The van der Waals surface area contributed by atoms with Crippen LogP contribution in [0.5, 0.6) is 11.8 Å². The number of likely N-dealkylation sites (tertiary alicyclic amines) is 1. The number of benzene rings is 1. The molecular weight excluding hydrogens is 336 g/mol. The standard InChI is InChI=1S/C18H18N4O4/c1-24-16-6-7-17(20-19-16)25-12-8-9-22(11-12)18(23)10-14-13-4-2-3-5-15(13)26-21-14/h2-7,12H,8-11H2,1H3. The van der Waals surface area contributed by atoms with Crippen molar-refractivity contribution in [1.82, 2.24) is 20.3 Å². The van der Waals surface area contributed by atoms with Crippen LogP contribution in [-0.2, 0) is 11.2 Å². The highest BCUT2D eigenvalue weighted by atomic mass is 16.5. The number of amides is 1. The van der Waals surface area contributed by atoms with Crippen LogP contribution in [0, 0.1) is 0 Å². The first-order valence-corrected chi connectivity index (χ1v) is 8.38. The fraction of sp³-hybridized carbons (Fsp3) is 0.333. The van der Waals surface area contributed by atoms with E-state index in [0.29, 0.717) is 36.1 Å². The zero-order valence-electron chi connectivity index (χ0n) is 14.3. The van der Waals surface area contributed by atoms with Crippen LogP contribution in [0.3, 0.4) is 0 Å². The van der Waals surface area contributed by atoms with Crippen LogP contribution in [0.2, 0.25) is 0 Å². The first-order chi connectivity index (χ1) is 12.7. The largest absolute Gasteiger partial charge is 0.480 e. The van der Waals surface area contributed by atoms with E-state index in [9.17, 15) is 4.79 Å². The number of aromatic nitrogens is 3. The van der Waals surface area contributed by atoms with Gasteiger partial charge >= 0.3 is 0 Å². The number of carbonyl (C=O) groups is 1. The number of ether oxygens (including phenoxy) is 2. The van der Waals surface area contributed by atoms with Crippen molar-refractivity contribution in [3.63, 3.8) is 0 Å². The van der Waals surface area contributed by atoms with Gasteiger partial charge in [0.2, 0.25) is 17.7 Å². The highest BCUT2D eigenvalue weighted by Gasteiger charge is 2.28. The number of hydrogen-bond acceptors (Lipinski definition) is 7. The highest BCUT2D eigenvalue weighted by molar-refractivity contribution is 5.86. The number of hydrogen-bond donors (Lipinski definition) is 0. The summed E-state index contributed by atoms with van der Waals surface area (Å²) in [6.07, 6.45) is 0.862. The van der Waals surface area contributed by atoms with Crippen LogP contribution >= 0.6 is 0 Å². The molecule has 26 heavy (non-hydrogen) atoms. The smallest absolute Gasteiger partial charge is 0.233 e. The summed E-state index contributed by atoms with van der Waals surface area (Å²) in [5.74, 6) is 0.865. The maximum atomic E-state index is 12.6. The van der Waals surface area contributed by atoms with Crippen molar-refractivity contribution < 1.29 is 18.8 Å². The van der Waals surface area contributed by atoms with E-state index in [1.165, 1.54) is 7.11 Å². The quantitative estimate of drug-likeness (QED) is 0.690. The molecule has 1 atom stereocenters. The van der Waals surface area contributed by atoms with E-state index in [0.717, 1.165) is 11.8 Å². The summed E-state index contributed by atoms with van der Waals surface area (Å²) < 4.78 is 16.0. The van der Waals surface area contributed by atoms with Crippen molar-refractivity contribution in [3.8, 4) is 11.8 Å². The first kappa shape index (κ1) is 16.3. The molecule has 1 saturated heterocycles. The molecular formula is C18H18N4O4. The molecule has 0 radical (unpaired) electrons. The highest BCUT2D eigenvalue weighted by Crippen LogP contribution is 2.21. The molecule has 2 aromatic heterocycles. The predicted octanol–water partition coefficient (Wildman–Crippen LogP) is 1.85. The van der Waals surface area contributed by atoms with Crippen LogP contribution in [0.1, 0.15) is 12.1 Å². The fourth-order valence-corrected chi connectivity index (χ4v) is 3.02. The van der Waals surface area contributed by atoms with Gasteiger partial charge in [-0.1, -0.05) is 17.3 Å². The molecule has 3 heterocycles. The molecule has 1 aliphatic rings. The molecule has 8 heteroatoms. The predicted molar refractivity (Wildman–Crippen MR) is 91.9 cm³/mol. The lowest BCUT2D eigenvalue weighted by Gasteiger charge is -2.16. The minimum absolute atomic E-state index is 0.0102. The molecule has 8 nitrogen and oxygen atoms in total. The lowest BCUT2D eigenvalue weighted by molar-refractivity contribution is -0.129. The average molecular weight is 354 g/mol. The van der Waals surface area contributed by atoms with Crippen molar-refractivity contribution in [2.24, 2.45) is 0 Å². The maximum Gasteiger partial charge on any atom is 0.233 e. The summed E-state index contributed by atoms with van der Waals surface area (Å²) in [6, 6.07) is 10.9. The summed E-state index contributed by atoms with van der Waals surface area (Å²) in [6.45, 7) is 1.16. The van der Waals surface area contributed by atoms with E-state index in [1.54, 1.807) is 17.0 Å². The Bertz CT molecular complexity index is 909. The molecule has 1 amide bonds. The van der Waals surface area contributed by atoms with Gasteiger partial charge in [0, 0.05) is 30.5 Å². The average Bonchev–Trinajstić information content (AvgIpc) is 3.30. The molecule has 3 aromatic rings. The number of carbonyl (C=O) groups excluding carboxylic acids is 1. The second-order valence-electron chi connectivity index (χ2n) is 6.08. The van der Waals surface area contributed by atoms with E-state index in [4.69, 9.17) is 14.0 Å². The summed E-state index contributed by atoms with van der Waals surface area (Å²) in [5, 5.41) is 12.7. The van der Waals surface area contributed by atoms with Gasteiger partial charge in [0.1, 0.15) is 11.8 Å². The van der Waals surface area contributed by atoms with Crippen LogP contribution in [0.4, 0.5) is 0 Å². The molecule has 1 unspecified atom stereocenters. The van der Waals surface area contributed by atoms with Gasteiger partial charge < -0.3 is 18.9 Å². The second kappa shape index (κ2) is 6.99. The zero-order chi connectivity index (χ0) is 17.9. The summed E-state index contributed by atoms with van der Waals surface area (Å²) >= 11 is 0. The van der Waals surface area contributed by atoms with Crippen molar-refractivity contribution in [2.45, 2.75) is 18.9 Å². The van der Waals surface area contributed by atoms with E-state index < -0.39 is 0 Å². The monoisotopic (exact) mass is 354 g/mol. The Morgan fingerprint density at radius 2 is 2.04 bits per heavy atom. The van der Waals surface area contributed by atoms with Crippen molar-refractivity contribution in [1.29, 1.82) is 0 Å². The molecule has 0 spiro atoms. The third-order valence-electron chi connectivity index (χ3n) is 4.38. The number of nitrogens with zero attached hydrogens (tertiary/aromatic N) is 4. The Morgan fingerprint density at radius 1 is 1.23 bits per heavy atom. The number of rotatable bonds is 5. The normalized spacial score (nSPS) is 16.8. The summed E-state index contributed by atoms with van der Waals surface area (Å²) in [4.78, 5) is 14.4. The van der Waals surface area contributed by atoms with Crippen LogP contribution < -0.4 is 9.47 Å². The Morgan fingerprint density at radius 3 is 2.85 bits per heavy atom.